The van der Waals surface area contributed by atoms with Crippen molar-refractivity contribution < 1.29 is 15.0 Å². The molecule has 1 aliphatic carbocycles. The van der Waals surface area contributed by atoms with E-state index in [1.54, 1.807) is 0 Å². The first-order chi connectivity index (χ1) is 8.80. The zero-order valence-corrected chi connectivity index (χ0v) is 12.2. The minimum Gasteiger partial charge on any atom is -0.481 e. The maximum atomic E-state index is 10.9. The van der Waals surface area contributed by atoms with E-state index < -0.39 is 11.6 Å². The van der Waals surface area contributed by atoms with Crippen molar-refractivity contribution in [3.63, 3.8) is 0 Å². The Morgan fingerprint density at radius 3 is 2.42 bits per heavy atom. The molecular weight excluding hydrogens is 242 g/mol. The summed E-state index contributed by atoms with van der Waals surface area (Å²) in [5.41, 5.74) is -0.327. The number of hydrogen-bond acceptors (Lipinski definition) is 3. The number of carboxylic acids is 1. The van der Waals surface area contributed by atoms with Crippen LogP contribution >= 0.6 is 0 Å². The number of likely N-dealkylation sites (tertiary alicyclic amines) is 1. The lowest BCUT2D eigenvalue weighted by molar-refractivity contribution is -0.145. The molecule has 19 heavy (non-hydrogen) atoms. The van der Waals surface area contributed by atoms with Crippen molar-refractivity contribution in [2.24, 2.45) is 11.3 Å². The summed E-state index contributed by atoms with van der Waals surface area (Å²) >= 11 is 0. The van der Waals surface area contributed by atoms with Gasteiger partial charge in [-0.15, -0.1) is 0 Å². The van der Waals surface area contributed by atoms with Crippen molar-refractivity contribution in [3.8, 4) is 0 Å². The Labute approximate surface area is 115 Å². The van der Waals surface area contributed by atoms with Crippen molar-refractivity contribution in [1.29, 1.82) is 0 Å². The van der Waals surface area contributed by atoms with Gasteiger partial charge < -0.3 is 10.2 Å². The highest BCUT2D eigenvalue weighted by molar-refractivity contribution is 5.70. The van der Waals surface area contributed by atoms with Crippen molar-refractivity contribution in [2.75, 3.05) is 19.6 Å². The van der Waals surface area contributed by atoms with Gasteiger partial charge in [0, 0.05) is 13.1 Å². The zero-order valence-electron chi connectivity index (χ0n) is 12.2. The molecule has 0 spiro atoms. The van der Waals surface area contributed by atoms with Crippen molar-refractivity contribution in [3.05, 3.63) is 0 Å². The minimum absolute atomic E-state index is 0.252. The summed E-state index contributed by atoms with van der Waals surface area (Å²) < 4.78 is 0. The van der Waals surface area contributed by atoms with E-state index in [4.69, 9.17) is 5.11 Å². The highest BCUT2D eigenvalue weighted by Crippen LogP contribution is 2.35. The number of aliphatic hydroxyl groups is 1. The summed E-state index contributed by atoms with van der Waals surface area (Å²) in [6.07, 6.45) is 4.93. The Bertz CT molecular complexity index is 332. The second-order valence-electron chi connectivity index (χ2n) is 7.32. The van der Waals surface area contributed by atoms with Gasteiger partial charge in [-0.2, -0.15) is 0 Å². The summed E-state index contributed by atoms with van der Waals surface area (Å²) in [6.45, 7) is 7.38. The van der Waals surface area contributed by atoms with Gasteiger partial charge in [0.05, 0.1) is 11.5 Å². The number of nitrogens with zero attached hydrogens (tertiary/aromatic N) is 1. The number of aliphatic carboxylic acids is 1. The highest BCUT2D eigenvalue weighted by atomic mass is 16.4. The molecule has 1 saturated carbocycles. The molecule has 4 heteroatoms. The molecule has 0 amide bonds. The summed E-state index contributed by atoms with van der Waals surface area (Å²) in [7, 11) is 0. The van der Waals surface area contributed by atoms with Crippen LogP contribution in [-0.4, -0.2) is 46.3 Å². The number of carboxylic acid groups (broad SMARTS) is 1. The van der Waals surface area contributed by atoms with Gasteiger partial charge in [-0.1, -0.05) is 13.8 Å². The summed E-state index contributed by atoms with van der Waals surface area (Å²) in [4.78, 5) is 13.3. The predicted octanol–water partition coefficient (Wildman–Crippen LogP) is 2.11. The molecule has 0 aromatic rings. The fraction of sp³-hybridized carbons (Fsp3) is 0.933. The fourth-order valence-corrected chi connectivity index (χ4v) is 3.66. The van der Waals surface area contributed by atoms with E-state index in [0.29, 0.717) is 37.6 Å². The van der Waals surface area contributed by atoms with Crippen LogP contribution in [0, 0.1) is 11.3 Å². The first-order valence-corrected chi connectivity index (χ1v) is 7.47. The highest BCUT2D eigenvalue weighted by Gasteiger charge is 2.38. The predicted molar refractivity (Wildman–Crippen MR) is 74.0 cm³/mol. The van der Waals surface area contributed by atoms with Crippen LogP contribution < -0.4 is 0 Å². The van der Waals surface area contributed by atoms with Crippen molar-refractivity contribution >= 4 is 5.97 Å². The van der Waals surface area contributed by atoms with Crippen LogP contribution in [0.2, 0.25) is 0 Å². The van der Waals surface area contributed by atoms with Gasteiger partial charge in [0.15, 0.2) is 0 Å². The maximum absolute atomic E-state index is 10.9. The summed E-state index contributed by atoms with van der Waals surface area (Å²) in [5, 5.41) is 19.7. The molecule has 110 valence electrons. The van der Waals surface area contributed by atoms with Gasteiger partial charge in [0.2, 0.25) is 0 Å². The molecule has 2 aliphatic rings. The standard InChI is InChI=1S/C15H27NO3/c1-14(2)6-3-9-16(10-14)11-15(19)7-4-12(5-8-15)13(17)18/h12,19H,3-11H2,1-2H3,(H,17,18). The summed E-state index contributed by atoms with van der Waals surface area (Å²) in [5.74, 6) is -0.959. The molecule has 2 N–H and O–H groups in total. The number of carbonyl (C=O) groups is 1. The van der Waals surface area contributed by atoms with Crippen LogP contribution in [0.15, 0.2) is 0 Å². The Morgan fingerprint density at radius 1 is 1.26 bits per heavy atom. The molecule has 0 aromatic heterocycles. The van der Waals surface area contributed by atoms with E-state index in [0.717, 1.165) is 13.1 Å². The molecule has 4 nitrogen and oxygen atoms in total. The van der Waals surface area contributed by atoms with Gasteiger partial charge in [-0.3, -0.25) is 9.69 Å². The van der Waals surface area contributed by atoms with Crippen LogP contribution in [0.4, 0.5) is 0 Å². The third-order valence-corrected chi connectivity index (χ3v) is 4.76. The average molecular weight is 269 g/mol. The number of rotatable bonds is 3. The SMILES string of the molecule is CC1(C)CCCN(CC2(O)CCC(C(=O)O)CC2)C1. The molecular formula is C15H27NO3. The lowest BCUT2D eigenvalue weighted by Crippen LogP contribution is -2.50. The van der Waals surface area contributed by atoms with Crippen LogP contribution in [0.3, 0.4) is 0 Å². The zero-order chi connectivity index (χ0) is 14.1. The van der Waals surface area contributed by atoms with Gasteiger partial charge in [-0.25, -0.2) is 0 Å². The molecule has 2 fully saturated rings. The Kier molecular flexibility index (Phi) is 4.21. The Balaban J connectivity index is 1.87. The maximum Gasteiger partial charge on any atom is 0.306 e. The van der Waals surface area contributed by atoms with E-state index >= 15 is 0 Å². The third kappa shape index (κ3) is 3.93. The van der Waals surface area contributed by atoms with Gasteiger partial charge in [-0.05, 0) is 50.5 Å². The first-order valence-electron chi connectivity index (χ1n) is 7.47. The van der Waals surface area contributed by atoms with Gasteiger partial charge in [0.25, 0.3) is 0 Å². The molecule has 0 unspecified atom stereocenters. The Hall–Kier alpha value is -0.610. The van der Waals surface area contributed by atoms with E-state index in [1.165, 1.54) is 12.8 Å². The van der Waals surface area contributed by atoms with Crippen LogP contribution in [-0.2, 0) is 4.79 Å². The smallest absolute Gasteiger partial charge is 0.306 e. The Morgan fingerprint density at radius 2 is 1.89 bits per heavy atom. The fourth-order valence-electron chi connectivity index (χ4n) is 3.66. The van der Waals surface area contributed by atoms with Crippen LogP contribution in [0.25, 0.3) is 0 Å². The molecule has 0 bridgehead atoms. The van der Waals surface area contributed by atoms with E-state index in [2.05, 4.69) is 18.7 Å². The lowest BCUT2D eigenvalue weighted by atomic mass is 9.77. The summed E-state index contributed by atoms with van der Waals surface area (Å²) in [6, 6.07) is 0. The quantitative estimate of drug-likeness (QED) is 0.824. The number of β-amino-alcohol motifs (C(OH)–C–C–N with tert-alkyl or cyclic N) is 1. The van der Waals surface area contributed by atoms with Crippen LogP contribution in [0.5, 0.6) is 0 Å². The molecule has 0 radical (unpaired) electrons. The van der Waals surface area contributed by atoms with Crippen molar-refractivity contribution in [2.45, 2.75) is 58.0 Å². The number of hydrogen-bond donors (Lipinski definition) is 2. The van der Waals surface area contributed by atoms with E-state index in [9.17, 15) is 9.90 Å². The third-order valence-electron chi connectivity index (χ3n) is 4.76. The molecule has 0 atom stereocenters. The molecule has 1 aliphatic heterocycles. The molecule has 0 aromatic carbocycles. The second-order valence-corrected chi connectivity index (χ2v) is 7.32. The molecule has 1 saturated heterocycles. The van der Waals surface area contributed by atoms with Crippen LogP contribution in [0.1, 0.15) is 52.4 Å². The second kappa shape index (κ2) is 5.41. The molecule has 2 rings (SSSR count). The van der Waals surface area contributed by atoms with Crippen molar-refractivity contribution in [1.82, 2.24) is 4.90 Å². The minimum atomic E-state index is -0.707. The lowest BCUT2D eigenvalue weighted by Gasteiger charge is -2.43. The van der Waals surface area contributed by atoms with Gasteiger partial charge in [0.1, 0.15) is 0 Å². The molecule has 1 heterocycles. The average Bonchev–Trinajstić information content (AvgIpc) is 2.27. The van der Waals surface area contributed by atoms with Gasteiger partial charge >= 0.3 is 5.97 Å². The monoisotopic (exact) mass is 269 g/mol. The topological polar surface area (TPSA) is 60.8 Å². The largest absolute Gasteiger partial charge is 0.481 e. The first kappa shape index (κ1) is 14.8. The number of piperidine rings is 1. The van der Waals surface area contributed by atoms with E-state index in [1.807, 2.05) is 0 Å². The normalized spacial score (nSPS) is 36.1. The van der Waals surface area contributed by atoms with E-state index in [-0.39, 0.29) is 5.92 Å².